The minimum absolute atomic E-state index is 0.114. The van der Waals surface area contributed by atoms with E-state index < -0.39 is 10.0 Å². The van der Waals surface area contributed by atoms with Crippen molar-refractivity contribution in [1.29, 1.82) is 0 Å². The van der Waals surface area contributed by atoms with E-state index in [-0.39, 0.29) is 9.92 Å². The highest BCUT2D eigenvalue weighted by Gasteiger charge is 2.23. The number of hydrogen-bond donors (Lipinski definition) is 0. The molecule has 0 saturated heterocycles. The molecule has 0 bridgehead atoms. The van der Waals surface area contributed by atoms with Gasteiger partial charge in [0.05, 0.1) is 10.7 Å². The van der Waals surface area contributed by atoms with Crippen molar-refractivity contribution in [2.24, 2.45) is 0 Å². The molecular formula is C15H16ClNO2S. The van der Waals surface area contributed by atoms with Crippen molar-refractivity contribution < 1.29 is 8.42 Å². The van der Waals surface area contributed by atoms with Gasteiger partial charge in [0.15, 0.2) is 0 Å². The average Bonchev–Trinajstić information content (AvgIpc) is 2.37. The zero-order chi connectivity index (χ0) is 14.9. The lowest BCUT2D eigenvalue weighted by Gasteiger charge is -2.21. The maximum atomic E-state index is 12.6. The quantitative estimate of drug-likeness (QED) is 0.865. The predicted molar refractivity (Wildman–Crippen MR) is 83.0 cm³/mol. The van der Waals surface area contributed by atoms with Crippen LogP contribution in [-0.4, -0.2) is 15.5 Å². The molecule has 2 rings (SSSR count). The minimum atomic E-state index is -3.65. The summed E-state index contributed by atoms with van der Waals surface area (Å²) in [5.74, 6) is 0. The van der Waals surface area contributed by atoms with Gasteiger partial charge in [-0.25, -0.2) is 8.42 Å². The fourth-order valence-corrected chi connectivity index (χ4v) is 3.74. The van der Waals surface area contributed by atoms with Crippen molar-refractivity contribution >= 4 is 27.3 Å². The zero-order valence-electron chi connectivity index (χ0n) is 11.6. The molecule has 0 saturated carbocycles. The maximum Gasteiger partial charge on any atom is 0.265 e. The van der Waals surface area contributed by atoms with Crippen molar-refractivity contribution in [3.8, 4) is 0 Å². The standard InChI is InChI=1S/C15H16ClNO2S/c1-11-8-12(2)10-13(9-11)17(3)20(18,19)15-7-5-4-6-14(15)16/h4-10H,1-3H3. The predicted octanol–water partition coefficient (Wildman–Crippen LogP) is 3.78. The van der Waals surface area contributed by atoms with Gasteiger partial charge >= 0.3 is 0 Å². The zero-order valence-corrected chi connectivity index (χ0v) is 13.2. The van der Waals surface area contributed by atoms with E-state index in [1.54, 1.807) is 18.2 Å². The van der Waals surface area contributed by atoms with Crippen LogP contribution in [0.1, 0.15) is 11.1 Å². The van der Waals surface area contributed by atoms with Crippen molar-refractivity contribution in [2.45, 2.75) is 18.7 Å². The molecule has 0 aliphatic rings. The molecule has 0 spiro atoms. The van der Waals surface area contributed by atoms with E-state index in [4.69, 9.17) is 11.6 Å². The molecule has 0 aliphatic carbocycles. The molecule has 0 radical (unpaired) electrons. The highest BCUT2D eigenvalue weighted by atomic mass is 35.5. The highest BCUT2D eigenvalue weighted by molar-refractivity contribution is 7.93. The van der Waals surface area contributed by atoms with Crippen LogP contribution in [0.2, 0.25) is 5.02 Å². The van der Waals surface area contributed by atoms with Gasteiger partial charge in [-0.15, -0.1) is 0 Å². The normalized spacial score (nSPS) is 11.4. The molecule has 0 unspecified atom stereocenters. The molecule has 106 valence electrons. The molecule has 0 N–H and O–H groups in total. The number of hydrogen-bond acceptors (Lipinski definition) is 2. The van der Waals surface area contributed by atoms with Gasteiger partial charge in [0.2, 0.25) is 0 Å². The summed E-state index contributed by atoms with van der Waals surface area (Å²) in [4.78, 5) is 0.114. The summed E-state index contributed by atoms with van der Waals surface area (Å²) in [7, 11) is -2.12. The number of benzene rings is 2. The number of nitrogens with zero attached hydrogens (tertiary/aromatic N) is 1. The highest BCUT2D eigenvalue weighted by Crippen LogP contribution is 2.28. The molecule has 0 aromatic heterocycles. The van der Waals surface area contributed by atoms with Gasteiger partial charge in [0, 0.05) is 7.05 Å². The van der Waals surface area contributed by atoms with Gasteiger partial charge in [-0.05, 0) is 49.2 Å². The summed E-state index contributed by atoms with van der Waals surface area (Å²) in [5, 5.41) is 0.226. The Morgan fingerprint density at radius 1 is 1.00 bits per heavy atom. The third-order valence-corrected chi connectivity index (χ3v) is 5.33. The summed E-state index contributed by atoms with van der Waals surface area (Å²) < 4.78 is 26.5. The van der Waals surface area contributed by atoms with Gasteiger partial charge in [0.25, 0.3) is 10.0 Å². The molecule has 5 heteroatoms. The second-order valence-corrected chi connectivity index (χ2v) is 7.09. The van der Waals surface area contributed by atoms with E-state index >= 15 is 0 Å². The molecule has 0 heterocycles. The summed E-state index contributed by atoms with van der Waals surface area (Å²) in [6.45, 7) is 3.87. The first-order valence-electron chi connectivity index (χ1n) is 6.14. The lowest BCUT2D eigenvalue weighted by Crippen LogP contribution is -2.26. The van der Waals surface area contributed by atoms with Crippen molar-refractivity contribution in [3.63, 3.8) is 0 Å². The molecule has 3 nitrogen and oxygen atoms in total. The number of sulfonamides is 1. The van der Waals surface area contributed by atoms with Crippen LogP contribution in [-0.2, 0) is 10.0 Å². The van der Waals surface area contributed by atoms with Crippen LogP contribution >= 0.6 is 11.6 Å². The average molecular weight is 310 g/mol. The third kappa shape index (κ3) is 2.81. The Morgan fingerprint density at radius 2 is 1.55 bits per heavy atom. The van der Waals surface area contributed by atoms with Crippen LogP contribution in [0.4, 0.5) is 5.69 Å². The molecule has 0 fully saturated rings. The van der Waals surface area contributed by atoms with Crippen LogP contribution < -0.4 is 4.31 Å². The molecule has 0 amide bonds. The van der Waals surface area contributed by atoms with Crippen molar-refractivity contribution in [3.05, 3.63) is 58.6 Å². The first-order chi connectivity index (χ1) is 9.32. The van der Waals surface area contributed by atoms with Gasteiger partial charge in [-0.2, -0.15) is 0 Å². The molecule has 0 atom stereocenters. The van der Waals surface area contributed by atoms with Gasteiger partial charge < -0.3 is 0 Å². The second kappa shape index (κ2) is 5.46. The van der Waals surface area contributed by atoms with Gasteiger partial charge in [0.1, 0.15) is 4.90 Å². The van der Waals surface area contributed by atoms with Gasteiger partial charge in [-0.3, -0.25) is 4.31 Å². The van der Waals surface area contributed by atoms with Crippen LogP contribution in [0.15, 0.2) is 47.4 Å². The second-order valence-electron chi connectivity index (χ2n) is 4.75. The Kier molecular flexibility index (Phi) is 4.06. The first-order valence-corrected chi connectivity index (χ1v) is 7.96. The Hall–Kier alpha value is -1.52. The number of rotatable bonds is 3. The largest absolute Gasteiger partial charge is 0.269 e. The smallest absolute Gasteiger partial charge is 0.265 e. The van der Waals surface area contributed by atoms with E-state index in [1.165, 1.54) is 17.4 Å². The van der Waals surface area contributed by atoms with Crippen LogP contribution in [0.5, 0.6) is 0 Å². The summed E-state index contributed by atoms with van der Waals surface area (Å²) in [6, 6.07) is 12.1. The van der Waals surface area contributed by atoms with Crippen LogP contribution in [0, 0.1) is 13.8 Å². The fraction of sp³-hybridized carbons (Fsp3) is 0.200. The molecule has 2 aromatic carbocycles. The summed E-state index contributed by atoms with van der Waals surface area (Å²) in [5.41, 5.74) is 2.66. The van der Waals surface area contributed by atoms with Crippen LogP contribution in [0.25, 0.3) is 0 Å². The lowest BCUT2D eigenvalue weighted by molar-refractivity contribution is 0.594. The summed E-state index contributed by atoms with van der Waals surface area (Å²) >= 11 is 6.00. The topological polar surface area (TPSA) is 37.4 Å². The van der Waals surface area contributed by atoms with E-state index in [9.17, 15) is 8.42 Å². The maximum absolute atomic E-state index is 12.6. The Bertz CT molecular complexity index is 721. The van der Waals surface area contributed by atoms with Crippen molar-refractivity contribution in [1.82, 2.24) is 0 Å². The van der Waals surface area contributed by atoms with E-state index in [1.807, 2.05) is 32.0 Å². The van der Waals surface area contributed by atoms with E-state index in [0.29, 0.717) is 5.69 Å². The molecular weight excluding hydrogens is 294 g/mol. The lowest BCUT2D eigenvalue weighted by atomic mass is 10.1. The Labute approximate surface area is 124 Å². The van der Waals surface area contributed by atoms with Crippen LogP contribution in [0.3, 0.4) is 0 Å². The first kappa shape index (κ1) is 14.9. The molecule has 2 aromatic rings. The van der Waals surface area contributed by atoms with Gasteiger partial charge in [-0.1, -0.05) is 29.8 Å². The summed E-state index contributed by atoms with van der Waals surface area (Å²) in [6.07, 6.45) is 0. The van der Waals surface area contributed by atoms with E-state index in [0.717, 1.165) is 11.1 Å². The Balaban J connectivity index is 2.52. The van der Waals surface area contributed by atoms with E-state index in [2.05, 4.69) is 0 Å². The monoisotopic (exact) mass is 309 g/mol. The minimum Gasteiger partial charge on any atom is -0.269 e. The third-order valence-electron chi connectivity index (χ3n) is 3.05. The fourth-order valence-electron chi connectivity index (χ4n) is 2.07. The Morgan fingerprint density at radius 3 is 2.10 bits per heavy atom. The molecule has 20 heavy (non-hydrogen) atoms. The number of aryl methyl sites for hydroxylation is 2. The number of anilines is 1. The molecule has 0 aliphatic heterocycles. The SMILES string of the molecule is Cc1cc(C)cc(N(C)S(=O)(=O)c2ccccc2Cl)c1. The number of halogens is 1. The van der Waals surface area contributed by atoms with Crippen molar-refractivity contribution in [2.75, 3.05) is 11.4 Å².